The van der Waals surface area contributed by atoms with E-state index in [0.29, 0.717) is 5.84 Å². The minimum atomic E-state index is 0.283. The third kappa shape index (κ3) is 5.03. The van der Waals surface area contributed by atoms with Gasteiger partial charge in [0.2, 0.25) is 0 Å². The van der Waals surface area contributed by atoms with Gasteiger partial charge in [0.15, 0.2) is 0 Å². The van der Waals surface area contributed by atoms with E-state index in [-0.39, 0.29) is 6.04 Å². The normalized spacial score (nSPS) is 12.1. The maximum atomic E-state index is 7.94. The summed E-state index contributed by atoms with van der Waals surface area (Å²) in [5.74, 6) is 0.675. The summed E-state index contributed by atoms with van der Waals surface area (Å²) >= 11 is 0. The molecule has 2 nitrogen and oxygen atoms in total. The predicted octanol–water partition coefficient (Wildman–Crippen LogP) is 4.28. The van der Waals surface area contributed by atoms with Crippen LogP contribution < -0.4 is 5.32 Å². The average molecular weight is 232 g/mol. The Labute approximate surface area is 105 Å². The molecule has 94 valence electrons. The van der Waals surface area contributed by atoms with Gasteiger partial charge in [0.25, 0.3) is 0 Å². The number of hydrogen-bond acceptors (Lipinski definition) is 1. The van der Waals surface area contributed by atoms with Crippen LogP contribution in [0.25, 0.3) is 0 Å². The van der Waals surface area contributed by atoms with E-state index in [0.717, 1.165) is 19.3 Å². The fourth-order valence-corrected chi connectivity index (χ4v) is 1.94. The summed E-state index contributed by atoms with van der Waals surface area (Å²) in [7, 11) is 0. The quantitative estimate of drug-likeness (QED) is 0.411. The predicted molar refractivity (Wildman–Crippen MR) is 74.5 cm³/mol. The molecule has 0 unspecified atom stereocenters. The second-order valence-corrected chi connectivity index (χ2v) is 4.45. The molecule has 0 aliphatic carbocycles. The molecule has 1 aromatic rings. The number of benzene rings is 1. The van der Waals surface area contributed by atoms with Gasteiger partial charge in [-0.3, -0.25) is 5.41 Å². The van der Waals surface area contributed by atoms with Crippen molar-refractivity contribution < 1.29 is 0 Å². The van der Waals surface area contributed by atoms with E-state index in [2.05, 4.69) is 43.4 Å². The molecule has 0 spiro atoms. The zero-order chi connectivity index (χ0) is 12.5. The fourth-order valence-electron chi connectivity index (χ4n) is 1.94. The van der Waals surface area contributed by atoms with E-state index in [1.807, 2.05) is 6.07 Å². The van der Waals surface area contributed by atoms with Gasteiger partial charge in [-0.1, -0.05) is 57.0 Å². The van der Waals surface area contributed by atoms with Crippen LogP contribution >= 0.6 is 0 Å². The van der Waals surface area contributed by atoms with Crippen molar-refractivity contribution >= 4 is 5.84 Å². The molecular formula is C15H24N2. The number of amidine groups is 1. The molecule has 0 saturated heterocycles. The second kappa shape index (κ2) is 7.88. The summed E-state index contributed by atoms with van der Waals surface area (Å²) in [6.45, 7) is 4.35. The van der Waals surface area contributed by atoms with Crippen LogP contribution in [0.15, 0.2) is 30.3 Å². The maximum Gasteiger partial charge on any atom is 0.0936 e. The average Bonchev–Trinajstić information content (AvgIpc) is 2.37. The van der Waals surface area contributed by atoms with Crippen molar-refractivity contribution in [3.8, 4) is 0 Å². The number of unbranched alkanes of at least 4 members (excludes halogenated alkanes) is 2. The van der Waals surface area contributed by atoms with Crippen LogP contribution in [0.3, 0.4) is 0 Å². The van der Waals surface area contributed by atoms with Crippen LogP contribution in [0.4, 0.5) is 0 Å². The van der Waals surface area contributed by atoms with Gasteiger partial charge in [-0.25, -0.2) is 0 Å². The molecule has 2 heteroatoms. The van der Waals surface area contributed by atoms with E-state index >= 15 is 0 Å². The zero-order valence-corrected chi connectivity index (χ0v) is 11.0. The molecule has 1 aromatic carbocycles. The Hall–Kier alpha value is -1.31. The Morgan fingerprint density at radius 2 is 1.88 bits per heavy atom. The number of rotatable bonds is 7. The van der Waals surface area contributed by atoms with Gasteiger partial charge in [-0.05, 0) is 18.4 Å². The van der Waals surface area contributed by atoms with E-state index in [1.165, 1.54) is 18.4 Å². The Balaban J connectivity index is 2.44. The molecular weight excluding hydrogens is 208 g/mol. The van der Waals surface area contributed by atoms with Crippen molar-refractivity contribution in [1.29, 1.82) is 5.41 Å². The van der Waals surface area contributed by atoms with Gasteiger partial charge in [-0.15, -0.1) is 0 Å². The molecule has 0 aliphatic rings. The summed E-state index contributed by atoms with van der Waals surface area (Å²) in [5.41, 5.74) is 1.27. The lowest BCUT2D eigenvalue weighted by molar-refractivity contribution is 0.608. The van der Waals surface area contributed by atoms with Gasteiger partial charge in [0.1, 0.15) is 0 Å². The third-order valence-electron chi connectivity index (χ3n) is 2.99. The molecule has 1 atom stereocenters. The zero-order valence-electron chi connectivity index (χ0n) is 11.0. The van der Waals surface area contributed by atoms with Crippen LogP contribution in [-0.2, 0) is 0 Å². The minimum absolute atomic E-state index is 0.283. The third-order valence-corrected chi connectivity index (χ3v) is 2.99. The summed E-state index contributed by atoms with van der Waals surface area (Å²) < 4.78 is 0. The van der Waals surface area contributed by atoms with Gasteiger partial charge in [-0.2, -0.15) is 0 Å². The molecule has 0 fully saturated rings. The Morgan fingerprint density at radius 1 is 1.18 bits per heavy atom. The largest absolute Gasteiger partial charge is 0.367 e. The van der Waals surface area contributed by atoms with Crippen LogP contribution in [0.5, 0.6) is 0 Å². The molecule has 2 N–H and O–H groups in total. The standard InChI is InChI=1S/C15H24N2/c1-3-5-7-12-15(16)17-14(4-2)13-10-8-6-9-11-13/h6,8-11,14H,3-5,7,12H2,1-2H3,(H2,16,17)/t14-/m0/s1. The lowest BCUT2D eigenvalue weighted by Crippen LogP contribution is -2.27. The minimum Gasteiger partial charge on any atom is -0.367 e. The van der Waals surface area contributed by atoms with E-state index in [4.69, 9.17) is 5.41 Å². The van der Waals surface area contributed by atoms with Crippen molar-refractivity contribution in [2.45, 2.75) is 52.0 Å². The van der Waals surface area contributed by atoms with Crippen molar-refractivity contribution in [3.05, 3.63) is 35.9 Å². The molecule has 0 aliphatic heterocycles. The summed E-state index contributed by atoms with van der Waals surface area (Å²) in [4.78, 5) is 0. The van der Waals surface area contributed by atoms with Crippen LogP contribution in [0.1, 0.15) is 57.6 Å². The molecule has 0 bridgehead atoms. The second-order valence-electron chi connectivity index (χ2n) is 4.45. The van der Waals surface area contributed by atoms with E-state index in [9.17, 15) is 0 Å². The first kappa shape index (κ1) is 13.8. The van der Waals surface area contributed by atoms with Crippen molar-refractivity contribution in [3.63, 3.8) is 0 Å². The highest BCUT2D eigenvalue weighted by molar-refractivity contribution is 5.79. The highest BCUT2D eigenvalue weighted by Gasteiger charge is 2.09. The SMILES string of the molecule is CCCCCC(=N)N[C@@H](CC)c1ccccc1. The highest BCUT2D eigenvalue weighted by Crippen LogP contribution is 2.16. The Morgan fingerprint density at radius 3 is 2.47 bits per heavy atom. The smallest absolute Gasteiger partial charge is 0.0936 e. The van der Waals surface area contributed by atoms with Crippen LogP contribution in [0.2, 0.25) is 0 Å². The molecule has 0 amide bonds. The Bertz CT molecular complexity index is 319. The van der Waals surface area contributed by atoms with E-state index in [1.54, 1.807) is 0 Å². The molecule has 0 aromatic heterocycles. The number of nitrogens with one attached hydrogen (secondary N) is 2. The van der Waals surface area contributed by atoms with Gasteiger partial charge < -0.3 is 5.32 Å². The summed E-state index contributed by atoms with van der Waals surface area (Å²) in [6, 6.07) is 10.7. The maximum absolute atomic E-state index is 7.94. The van der Waals surface area contributed by atoms with Crippen molar-refractivity contribution in [2.75, 3.05) is 0 Å². The van der Waals surface area contributed by atoms with Gasteiger partial charge in [0.05, 0.1) is 11.9 Å². The summed E-state index contributed by atoms with van der Waals surface area (Å²) in [5, 5.41) is 11.3. The topological polar surface area (TPSA) is 35.9 Å². The fraction of sp³-hybridized carbons (Fsp3) is 0.533. The molecule has 0 heterocycles. The van der Waals surface area contributed by atoms with Crippen molar-refractivity contribution in [1.82, 2.24) is 5.32 Å². The first-order valence-electron chi connectivity index (χ1n) is 6.66. The van der Waals surface area contributed by atoms with Crippen LogP contribution in [0, 0.1) is 5.41 Å². The molecule has 0 saturated carbocycles. The lowest BCUT2D eigenvalue weighted by Gasteiger charge is -2.19. The monoisotopic (exact) mass is 232 g/mol. The lowest BCUT2D eigenvalue weighted by atomic mass is 10.0. The number of hydrogen-bond donors (Lipinski definition) is 2. The van der Waals surface area contributed by atoms with Crippen molar-refractivity contribution in [2.24, 2.45) is 0 Å². The van der Waals surface area contributed by atoms with Gasteiger partial charge >= 0.3 is 0 Å². The molecule has 0 radical (unpaired) electrons. The molecule has 17 heavy (non-hydrogen) atoms. The summed E-state index contributed by atoms with van der Waals surface area (Å²) in [6.07, 6.45) is 5.43. The molecule has 1 rings (SSSR count). The first-order chi connectivity index (χ1) is 8.27. The van der Waals surface area contributed by atoms with E-state index < -0.39 is 0 Å². The first-order valence-corrected chi connectivity index (χ1v) is 6.66. The highest BCUT2D eigenvalue weighted by atomic mass is 15.0. The Kier molecular flexibility index (Phi) is 6.38. The van der Waals surface area contributed by atoms with Crippen LogP contribution in [-0.4, -0.2) is 5.84 Å². The van der Waals surface area contributed by atoms with Gasteiger partial charge in [0, 0.05) is 6.42 Å².